The molecule has 0 saturated carbocycles. The molecule has 4 N–H and O–H groups in total. The van der Waals surface area contributed by atoms with Gasteiger partial charge in [0.25, 0.3) is 12.4 Å². The number of hydrogen-bond donors (Lipinski definition) is 4. The molecule has 15 nitrogen and oxygen atoms in total. The molecule has 3 amide bonds. The fourth-order valence-electron chi connectivity index (χ4n) is 7.36. The van der Waals surface area contributed by atoms with Gasteiger partial charge in [-0.3, -0.25) is 28.0 Å². The number of benzene rings is 2. The molecule has 75 heavy (non-hydrogen) atoms. The maximum absolute atomic E-state index is 14.3. The molecule has 3 aromatic heterocycles. The Hall–Kier alpha value is -6.40. The molecule has 2 aromatic carbocycles. The minimum Gasteiger partial charge on any atom is -0.483 e. The van der Waals surface area contributed by atoms with Crippen molar-refractivity contribution in [2.75, 3.05) is 16.8 Å². The van der Waals surface area contributed by atoms with Crippen LogP contribution >= 0.6 is 23.5 Å². The summed E-state index contributed by atoms with van der Waals surface area (Å²) in [6, 6.07) is 5.59. The van der Waals surface area contributed by atoms with Crippen LogP contribution in [0.4, 0.5) is 54.5 Å². The van der Waals surface area contributed by atoms with E-state index in [2.05, 4.69) is 37.7 Å². The number of nitrogens with zero attached hydrogens (tertiary/aromatic N) is 6. The van der Waals surface area contributed by atoms with Crippen LogP contribution in [0.25, 0.3) is 22.0 Å². The second-order valence-electron chi connectivity index (χ2n) is 16.3. The normalized spacial score (nSPS) is 13.9. The third-order valence-electron chi connectivity index (χ3n) is 10.6. The number of aliphatic carboxylic acids is 1. The zero-order valence-electron chi connectivity index (χ0n) is 41.2. The molecule has 1 aliphatic carbocycles. The van der Waals surface area contributed by atoms with Crippen LogP contribution < -0.4 is 14.9 Å². The molecular weight excluding hydrogens is 1080 g/mol. The van der Waals surface area contributed by atoms with Crippen LogP contribution in [0.2, 0.25) is 5.02 Å². The van der Waals surface area contributed by atoms with E-state index in [1.54, 1.807) is 13.8 Å². The second-order valence-corrected chi connectivity index (χ2v) is 19.4. The van der Waals surface area contributed by atoms with Gasteiger partial charge in [-0.2, -0.15) is 45.3 Å². The number of hydrogen-bond acceptors (Lipinski definition) is 9. The number of carboxylic acid groups (broad SMARTS) is 2. The van der Waals surface area contributed by atoms with Gasteiger partial charge in [0.2, 0.25) is 6.41 Å². The Morgan fingerprint density at radius 2 is 1.61 bits per heavy atom. The molecule has 3 atom stereocenters. The summed E-state index contributed by atoms with van der Waals surface area (Å²) < 4.78 is 149. The summed E-state index contributed by atoms with van der Waals surface area (Å²) in [6.45, 7) is 8.34. The summed E-state index contributed by atoms with van der Waals surface area (Å²) in [5, 5.41) is 28.4. The molecule has 410 valence electrons. The topological polar surface area (TPSA) is 202 Å². The van der Waals surface area contributed by atoms with Gasteiger partial charge in [0, 0.05) is 65.1 Å². The molecule has 0 spiro atoms. The first-order valence-electron chi connectivity index (χ1n) is 22.2. The number of carbonyl (C=O) groups excluding carboxylic acids is 2. The van der Waals surface area contributed by atoms with Gasteiger partial charge in [0.15, 0.2) is 11.5 Å². The van der Waals surface area contributed by atoms with E-state index < -0.39 is 100 Å². The van der Waals surface area contributed by atoms with Crippen LogP contribution in [0, 0.1) is 23.5 Å². The van der Waals surface area contributed by atoms with Crippen molar-refractivity contribution < 1.29 is 77.5 Å². The van der Waals surface area contributed by atoms with Gasteiger partial charge in [0.1, 0.15) is 34.3 Å². The average Bonchev–Trinajstić information content (AvgIpc) is 3.97. The van der Waals surface area contributed by atoms with Gasteiger partial charge in [-0.25, -0.2) is 22.9 Å². The quantitative estimate of drug-likeness (QED) is 0.0357. The number of nitrogens with one attached hydrogen (secondary N) is 2. The Morgan fingerprint density at radius 1 is 1.01 bits per heavy atom. The SMILES string of the molecule is CC.CCn1nc(C(F)(F)F)c2c1C(F)(F)CC2.CSN(C(=O)NC(C)CC(=O)O)c1nn(CC(F)(F)F)c2c(-c3ccc(C#CC(C)(C)S(C)=O)nc3C(Cc3cc(F)cc(F)c3)NC=O)ccc(Cl)c12.O=CO. The van der Waals surface area contributed by atoms with Gasteiger partial charge in [0.05, 0.1) is 34.1 Å². The maximum atomic E-state index is 14.3. The van der Waals surface area contributed by atoms with E-state index in [1.807, 2.05) is 13.8 Å². The van der Waals surface area contributed by atoms with E-state index >= 15 is 0 Å². The predicted molar refractivity (Wildman–Crippen MR) is 262 cm³/mol. The molecule has 0 fully saturated rings. The number of pyridine rings is 1. The van der Waals surface area contributed by atoms with E-state index in [4.69, 9.17) is 26.6 Å². The average molecular weight is 1130 g/mol. The summed E-state index contributed by atoms with van der Waals surface area (Å²) in [5.41, 5.74) is -1.80. The molecule has 0 bridgehead atoms. The first kappa shape index (κ1) is 62.9. The first-order chi connectivity index (χ1) is 34.9. The van der Waals surface area contributed by atoms with Crippen molar-refractivity contribution >= 4 is 76.0 Å². The van der Waals surface area contributed by atoms with Crippen LogP contribution in [0.5, 0.6) is 0 Å². The third kappa shape index (κ3) is 16.3. The molecular formula is C47H51ClF10N8O7S2. The van der Waals surface area contributed by atoms with Crippen molar-refractivity contribution in [3.63, 3.8) is 0 Å². The van der Waals surface area contributed by atoms with Gasteiger partial charge >= 0.3 is 24.4 Å². The Kier molecular flexibility index (Phi) is 22.1. The number of carboxylic acids is 1. The summed E-state index contributed by atoms with van der Waals surface area (Å²) in [5.74, 6) is -0.717. The summed E-state index contributed by atoms with van der Waals surface area (Å²) in [7, 11) is -1.38. The maximum Gasteiger partial charge on any atom is 0.435 e. The third-order valence-corrected chi connectivity index (χ3v) is 13.2. The number of urea groups is 1. The van der Waals surface area contributed by atoms with E-state index in [1.165, 1.54) is 50.6 Å². The smallest absolute Gasteiger partial charge is 0.435 e. The molecule has 1 aliphatic rings. The van der Waals surface area contributed by atoms with Gasteiger partial charge in [-0.1, -0.05) is 37.4 Å². The number of aromatic nitrogens is 5. The predicted octanol–water partition coefficient (Wildman–Crippen LogP) is 10.5. The van der Waals surface area contributed by atoms with E-state index in [9.17, 15) is 62.5 Å². The van der Waals surface area contributed by atoms with Gasteiger partial charge in [-0.15, -0.1) is 0 Å². The number of aryl methyl sites for hydroxylation is 1. The fraction of sp³-hybridized carbons (Fsp3) is 0.426. The van der Waals surface area contributed by atoms with Crippen LogP contribution in [0.1, 0.15) is 94.3 Å². The molecule has 0 saturated heterocycles. The van der Waals surface area contributed by atoms with Crippen LogP contribution in [0.15, 0.2) is 42.5 Å². The second kappa shape index (κ2) is 26.4. The molecule has 0 radical (unpaired) electrons. The first-order valence-corrected chi connectivity index (χ1v) is 25.3. The zero-order chi connectivity index (χ0) is 57.0. The summed E-state index contributed by atoms with van der Waals surface area (Å²) >= 11 is 7.42. The number of amides is 3. The molecule has 3 unspecified atom stereocenters. The lowest BCUT2D eigenvalue weighted by atomic mass is 9.94. The van der Waals surface area contributed by atoms with Crippen LogP contribution in [-0.4, -0.2) is 93.3 Å². The lowest BCUT2D eigenvalue weighted by molar-refractivity contribution is -0.142. The standard InChI is InChI=1S/C35H34ClF5N6O5S2.C9H9F5N2.C2H6.CH2O2/c1-19(12-28(49)50)43-33(51)47(53-4)32-29-26(36)9-8-25(31(29)46(45-32)17-35(39,40)41)24-7-6-23(10-11-34(2,3)54(5)52)44-30(24)27(42-18-48)15-20-13-21(37)16-22(38)14-20;1-2-16-7-5(3-4-8(7,10)11)6(15-16)9(12,13)14;1-2;2-1-3/h6-9,13-14,16,18-19,27H,12,15,17H2,1-5H3,(H,42,48)(H,43,51)(H,49,50);2-4H2,1H3;1-2H3;1H,(H,2,3). The fourth-order valence-corrected chi connectivity index (χ4v) is 8.31. The minimum atomic E-state index is -4.83. The number of carbonyl (C=O) groups is 4. The molecule has 5 aromatic rings. The molecule has 3 heterocycles. The number of alkyl halides is 8. The van der Waals surface area contributed by atoms with Crippen molar-refractivity contribution in [3.8, 4) is 23.0 Å². The minimum absolute atomic E-state index is 0.00794. The molecule has 28 heteroatoms. The largest absolute Gasteiger partial charge is 0.483 e. The van der Waals surface area contributed by atoms with Crippen molar-refractivity contribution in [1.82, 2.24) is 35.2 Å². The Labute approximate surface area is 435 Å². The highest BCUT2D eigenvalue weighted by molar-refractivity contribution is 8.00. The number of rotatable bonds is 14. The van der Waals surface area contributed by atoms with Gasteiger partial charge in [-0.05, 0) is 94.3 Å². The highest BCUT2D eigenvalue weighted by Crippen LogP contribution is 2.47. The lowest BCUT2D eigenvalue weighted by Crippen LogP contribution is -2.41. The highest BCUT2D eigenvalue weighted by Gasteiger charge is 2.49. The monoisotopic (exact) mass is 1130 g/mol. The van der Waals surface area contributed by atoms with E-state index in [-0.39, 0.29) is 81.2 Å². The van der Waals surface area contributed by atoms with Crippen molar-refractivity contribution in [1.29, 1.82) is 0 Å². The van der Waals surface area contributed by atoms with Gasteiger partial charge < -0.3 is 20.8 Å². The number of anilines is 1. The zero-order valence-corrected chi connectivity index (χ0v) is 43.6. The molecule has 6 rings (SSSR count). The highest BCUT2D eigenvalue weighted by atomic mass is 35.5. The van der Waals surface area contributed by atoms with E-state index in [0.717, 1.165) is 33.1 Å². The van der Waals surface area contributed by atoms with Crippen molar-refractivity contribution in [3.05, 3.63) is 93.0 Å². The van der Waals surface area contributed by atoms with Crippen molar-refractivity contribution in [2.45, 2.75) is 115 Å². The van der Waals surface area contributed by atoms with Crippen molar-refractivity contribution in [2.24, 2.45) is 0 Å². The Morgan fingerprint density at radius 3 is 2.13 bits per heavy atom. The molecule has 0 aliphatic heterocycles. The Bertz CT molecular complexity index is 2920. The lowest BCUT2D eigenvalue weighted by Gasteiger charge is -2.21. The number of halogens is 11. The number of fused-ring (bicyclic) bond motifs is 2. The van der Waals surface area contributed by atoms with E-state index in [0.29, 0.717) is 17.2 Å². The van der Waals surface area contributed by atoms with Crippen LogP contribution in [0.3, 0.4) is 0 Å². The summed E-state index contributed by atoms with van der Waals surface area (Å²) in [6.07, 6.45) is -7.73. The summed E-state index contributed by atoms with van der Waals surface area (Å²) in [4.78, 5) is 49.6. The van der Waals surface area contributed by atoms with Crippen LogP contribution in [-0.2, 0) is 63.2 Å². The Balaban J connectivity index is 0.000000586.